The second kappa shape index (κ2) is 7.11. The third-order valence-corrected chi connectivity index (χ3v) is 4.65. The summed E-state index contributed by atoms with van der Waals surface area (Å²) in [4.78, 5) is 30.5. The number of amides is 2. The largest absolute Gasteiger partial charge is 0.326 e. The number of aryl methyl sites for hydroxylation is 2. The molecule has 1 N–H and O–H groups in total. The van der Waals surface area contributed by atoms with Gasteiger partial charge in [0.25, 0.3) is 0 Å². The molecule has 0 spiro atoms. The van der Waals surface area contributed by atoms with Crippen LogP contribution in [-0.2, 0) is 9.59 Å². The normalized spacial score (nSPS) is 18.9. The minimum Gasteiger partial charge on any atom is -0.326 e. The lowest BCUT2D eigenvalue weighted by Crippen LogP contribution is -2.46. The van der Waals surface area contributed by atoms with Crippen LogP contribution in [0.25, 0.3) is 0 Å². The number of carbonyl (C=O) groups is 2. The highest BCUT2D eigenvalue weighted by molar-refractivity contribution is 7.80. The molecule has 3 rings (SSSR count). The van der Waals surface area contributed by atoms with E-state index in [0.29, 0.717) is 5.71 Å². The summed E-state index contributed by atoms with van der Waals surface area (Å²) in [6.07, 6.45) is 7.40. The van der Waals surface area contributed by atoms with Gasteiger partial charge in [-0.05, 0) is 55.4 Å². The van der Waals surface area contributed by atoms with Crippen molar-refractivity contribution in [1.82, 2.24) is 4.90 Å². The van der Waals surface area contributed by atoms with E-state index >= 15 is 0 Å². The average Bonchev–Trinajstić information content (AvgIpc) is 2.58. The Morgan fingerprint density at radius 2 is 2.08 bits per heavy atom. The molecule has 1 aliphatic carbocycles. The Morgan fingerprint density at radius 3 is 2.84 bits per heavy atom. The maximum Gasteiger partial charge on any atom is 0.241 e. The Hall–Kier alpha value is -2.60. The van der Waals surface area contributed by atoms with E-state index < -0.39 is 5.92 Å². The van der Waals surface area contributed by atoms with Crippen LogP contribution in [0.3, 0.4) is 0 Å². The summed E-state index contributed by atoms with van der Waals surface area (Å²) in [5.41, 5.74) is 3.70. The van der Waals surface area contributed by atoms with Crippen molar-refractivity contribution in [3.8, 4) is 0 Å². The van der Waals surface area contributed by atoms with Crippen LogP contribution in [-0.4, -0.2) is 34.1 Å². The molecule has 6 heteroatoms. The van der Waals surface area contributed by atoms with Crippen LogP contribution < -0.4 is 5.32 Å². The molecule has 1 aromatic carbocycles. The molecule has 25 heavy (non-hydrogen) atoms. The number of benzene rings is 1. The standard InChI is InChI=1S/C19H19N3O2S/c1-12-7-8-14(11-13(12)2)20-17(23)9-10-22-18(24)15-5-3-4-6-16(15)21-19(22)25/h3-8,11,15H,9-10H2,1-2H3,(H,20,23). The first-order valence-corrected chi connectivity index (χ1v) is 8.52. The Bertz CT molecular complexity index is 839. The van der Waals surface area contributed by atoms with E-state index in [9.17, 15) is 9.59 Å². The minimum absolute atomic E-state index is 0.130. The zero-order valence-corrected chi connectivity index (χ0v) is 15.0. The van der Waals surface area contributed by atoms with Crippen LogP contribution in [0.2, 0.25) is 0 Å². The van der Waals surface area contributed by atoms with Gasteiger partial charge in [-0.25, -0.2) is 4.99 Å². The van der Waals surface area contributed by atoms with Gasteiger partial charge in [-0.3, -0.25) is 14.5 Å². The van der Waals surface area contributed by atoms with Crippen molar-refractivity contribution in [2.24, 2.45) is 10.9 Å². The van der Waals surface area contributed by atoms with Crippen LogP contribution in [0, 0.1) is 19.8 Å². The first-order chi connectivity index (χ1) is 12.0. The predicted molar refractivity (Wildman–Crippen MR) is 103 cm³/mol. The Balaban J connectivity index is 1.62. The number of rotatable bonds is 4. The van der Waals surface area contributed by atoms with Crippen molar-refractivity contribution >= 4 is 40.5 Å². The van der Waals surface area contributed by atoms with Crippen LogP contribution in [0.15, 0.2) is 47.5 Å². The third-order valence-electron chi connectivity index (χ3n) is 4.34. The molecule has 1 heterocycles. The van der Waals surface area contributed by atoms with Crippen LogP contribution >= 0.6 is 12.2 Å². The number of nitrogens with zero attached hydrogens (tertiary/aromatic N) is 2. The summed E-state index contributed by atoms with van der Waals surface area (Å²) < 4.78 is 0. The Morgan fingerprint density at radius 1 is 1.28 bits per heavy atom. The number of thiocarbonyl (C=S) groups is 1. The molecule has 0 saturated carbocycles. The van der Waals surface area contributed by atoms with E-state index in [1.807, 2.05) is 44.2 Å². The van der Waals surface area contributed by atoms with Crippen LogP contribution in [0.4, 0.5) is 5.69 Å². The maximum atomic E-state index is 12.6. The van der Waals surface area contributed by atoms with Gasteiger partial charge in [-0.1, -0.05) is 24.3 Å². The number of carbonyl (C=O) groups excluding carboxylic acids is 2. The van der Waals surface area contributed by atoms with Crippen molar-refractivity contribution < 1.29 is 9.59 Å². The van der Waals surface area contributed by atoms with Gasteiger partial charge in [0.2, 0.25) is 16.9 Å². The van der Waals surface area contributed by atoms with Gasteiger partial charge in [0, 0.05) is 18.7 Å². The third kappa shape index (κ3) is 3.74. The van der Waals surface area contributed by atoms with Crippen molar-refractivity contribution in [2.45, 2.75) is 20.3 Å². The number of allylic oxidation sites excluding steroid dienone is 3. The highest BCUT2D eigenvalue weighted by Crippen LogP contribution is 2.20. The minimum atomic E-state index is -0.403. The molecule has 2 aliphatic rings. The van der Waals surface area contributed by atoms with E-state index in [4.69, 9.17) is 12.2 Å². The molecule has 128 valence electrons. The van der Waals surface area contributed by atoms with Gasteiger partial charge in [0.15, 0.2) is 0 Å². The molecule has 1 aromatic rings. The fourth-order valence-corrected chi connectivity index (χ4v) is 3.03. The lowest BCUT2D eigenvalue weighted by atomic mass is 9.95. The second-order valence-electron chi connectivity index (χ2n) is 6.13. The maximum absolute atomic E-state index is 12.6. The first kappa shape index (κ1) is 17.2. The number of hydrogen-bond acceptors (Lipinski definition) is 3. The lowest BCUT2D eigenvalue weighted by molar-refractivity contribution is -0.128. The lowest BCUT2D eigenvalue weighted by Gasteiger charge is -2.30. The van der Waals surface area contributed by atoms with Gasteiger partial charge in [0.05, 0.1) is 11.6 Å². The van der Waals surface area contributed by atoms with E-state index in [1.54, 1.807) is 12.2 Å². The average molecular weight is 353 g/mol. The van der Waals surface area contributed by atoms with Gasteiger partial charge < -0.3 is 5.32 Å². The number of fused-ring (bicyclic) bond motifs is 1. The van der Waals surface area contributed by atoms with Crippen molar-refractivity contribution in [3.63, 3.8) is 0 Å². The predicted octanol–water partition coefficient (Wildman–Crippen LogP) is 2.94. The fourth-order valence-electron chi connectivity index (χ4n) is 2.74. The first-order valence-electron chi connectivity index (χ1n) is 8.11. The monoisotopic (exact) mass is 353 g/mol. The zero-order valence-electron chi connectivity index (χ0n) is 14.2. The second-order valence-corrected chi connectivity index (χ2v) is 6.49. The molecule has 0 fully saturated rings. The molecular weight excluding hydrogens is 334 g/mol. The molecule has 1 unspecified atom stereocenters. The van der Waals surface area contributed by atoms with Crippen LogP contribution in [0.5, 0.6) is 0 Å². The smallest absolute Gasteiger partial charge is 0.241 e. The van der Waals surface area contributed by atoms with Gasteiger partial charge in [-0.2, -0.15) is 0 Å². The Labute approximate surface area is 152 Å². The van der Waals surface area contributed by atoms with Crippen LogP contribution in [0.1, 0.15) is 17.5 Å². The molecule has 2 amide bonds. The van der Waals surface area contributed by atoms with Gasteiger partial charge in [-0.15, -0.1) is 0 Å². The molecule has 0 saturated heterocycles. The van der Waals surface area contributed by atoms with Crippen molar-refractivity contribution in [2.75, 3.05) is 11.9 Å². The number of aliphatic imine (C=N–C) groups is 1. The molecule has 1 atom stereocenters. The SMILES string of the molecule is Cc1ccc(NC(=O)CCN2C(=O)C3C=CC=CC3=NC2=S)cc1C. The molecule has 0 radical (unpaired) electrons. The van der Waals surface area contributed by atoms with Gasteiger partial charge >= 0.3 is 0 Å². The van der Waals surface area contributed by atoms with E-state index in [1.165, 1.54) is 10.5 Å². The number of hydrogen-bond donors (Lipinski definition) is 1. The van der Waals surface area contributed by atoms with E-state index in [2.05, 4.69) is 10.3 Å². The molecular formula is C19H19N3O2S. The summed E-state index contributed by atoms with van der Waals surface area (Å²) in [5.74, 6) is -0.693. The summed E-state index contributed by atoms with van der Waals surface area (Å²) in [5, 5.41) is 3.07. The van der Waals surface area contributed by atoms with Crippen molar-refractivity contribution in [1.29, 1.82) is 0 Å². The molecule has 5 nitrogen and oxygen atoms in total. The van der Waals surface area contributed by atoms with Crippen molar-refractivity contribution in [3.05, 3.63) is 53.6 Å². The zero-order chi connectivity index (χ0) is 18.0. The molecule has 1 aliphatic heterocycles. The summed E-state index contributed by atoms with van der Waals surface area (Å²) in [6.45, 7) is 4.24. The quantitative estimate of drug-likeness (QED) is 0.847. The molecule has 0 bridgehead atoms. The summed E-state index contributed by atoms with van der Waals surface area (Å²) >= 11 is 5.21. The Kier molecular flexibility index (Phi) is 4.90. The topological polar surface area (TPSA) is 61.8 Å². The fraction of sp³-hybridized carbons (Fsp3) is 0.263. The molecule has 0 aromatic heterocycles. The summed E-state index contributed by atoms with van der Waals surface area (Å²) in [7, 11) is 0. The van der Waals surface area contributed by atoms with Gasteiger partial charge in [0.1, 0.15) is 0 Å². The highest BCUT2D eigenvalue weighted by Gasteiger charge is 2.33. The van der Waals surface area contributed by atoms with E-state index in [0.717, 1.165) is 11.3 Å². The highest BCUT2D eigenvalue weighted by atomic mass is 32.1. The number of anilines is 1. The number of nitrogens with one attached hydrogen (secondary N) is 1. The summed E-state index contributed by atoms with van der Waals surface area (Å²) in [6, 6.07) is 5.76. The van der Waals surface area contributed by atoms with E-state index in [-0.39, 0.29) is 29.9 Å².